The average Bonchev–Trinajstić information content (AvgIpc) is 3.36. The SMILES string of the molecule is CCCn1cnnc1C1CN(C(=O)c2c[nH]c3ccccc23)CC12CCC2. The molecular weight excluding hydrogens is 338 g/mol. The lowest BCUT2D eigenvalue weighted by Crippen LogP contribution is -2.38. The first kappa shape index (κ1) is 16.5. The number of hydrogen-bond donors (Lipinski definition) is 1. The summed E-state index contributed by atoms with van der Waals surface area (Å²) in [7, 11) is 0. The minimum absolute atomic E-state index is 0.128. The molecule has 6 nitrogen and oxygen atoms in total. The quantitative estimate of drug-likeness (QED) is 0.770. The van der Waals surface area contributed by atoms with E-state index < -0.39 is 0 Å². The third-order valence-electron chi connectivity index (χ3n) is 6.53. The molecule has 1 aliphatic heterocycles. The molecule has 0 radical (unpaired) electrons. The van der Waals surface area contributed by atoms with Gasteiger partial charge in [0.15, 0.2) is 0 Å². The summed E-state index contributed by atoms with van der Waals surface area (Å²) >= 11 is 0. The molecule has 140 valence electrons. The zero-order chi connectivity index (χ0) is 18.4. The lowest BCUT2D eigenvalue weighted by Gasteiger charge is -2.42. The smallest absolute Gasteiger partial charge is 0.256 e. The second kappa shape index (κ2) is 6.22. The van der Waals surface area contributed by atoms with Crippen molar-refractivity contribution in [2.24, 2.45) is 5.41 Å². The van der Waals surface area contributed by atoms with Crippen LogP contribution < -0.4 is 0 Å². The van der Waals surface area contributed by atoms with E-state index in [1.165, 1.54) is 19.3 Å². The number of para-hydroxylation sites is 1. The number of carbonyl (C=O) groups is 1. The van der Waals surface area contributed by atoms with E-state index in [4.69, 9.17) is 0 Å². The van der Waals surface area contributed by atoms with Crippen molar-refractivity contribution in [2.75, 3.05) is 13.1 Å². The molecule has 1 aromatic carbocycles. The molecule has 3 aromatic rings. The van der Waals surface area contributed by atoms with E-state index in [1.54, 1.807) is 0 Å². The maximum Gasteiger partial charge on any atom is 0.256 e. The van der Waals surface area contributed by atoms with Gasteiger partial charge in [-0.3, -0.25) is 4.79 Å². The standard InChI is InChI=1S/C21H25N5O/c1-2-10-25-14-23-24-19(25)17-12-26(13-21(17)8-5-9-21)20(27)16-11-22-18-7-4-3-6-15(16)18/h3-4,6-7,11,14,17,22H,2,5,8-10,12-13H2,1H3. The van der Waals surface area contributed by atoms with Gasteiger partial charge in [0.1, 0.15) is 12.2 Å². The molecule has 2 aliphatic rings. The van der Waals surface area contributed by atoms with Crippen LogP contribution in [0.1, 0.15) is 54.7 Å². The van der Waals surface area contributed by atoms with E-state index in [-0.39, 0.29) is 17.2 Å². The molecule has 1 saturated carbocycles. The molecule has 27 heavy (non-hydrogen) atoms. The second-order valence-corrected chi connectivity index (χ2v) is 8.08. The monoisotopic (exact) mass is 363 g/mol. The molecule has 1 spiro atoms. The number of aromatic amines is 1. The van der Waals surface area contributed by atoms with Crippen LogP contribution in [0.15, 0.2) is 36.8 Å². The summed E-state index contributed by atoms with van der Waals surface area (Å²) < 4.78 is 2.18. The number of rotatable bonds is 4. The van der Waals surface area contributed by atoms with Gasteiger partial charge in [0.05, 0.1) is 5.56 Å². The lowest BCUT2D eigenvalue weighted by molar-refractivity contribution is 0.0725. The molecule has 3 heterocycles. The normalized spacial score (nSPS) is 21.1. The molecule has 6 heteroatoms. The number of nitrogens with zero attached hydrogens (tertiary/aromatic N) is 4. The Bertz CT molecular complexity index is 983. The number of likely N-dealkylation sites (tertiary alicyclic amines) is 1. The van der Waals surface area contributed by atoms with E-state index in [9.17, 15) is 4.79 Å². The fourth-order valence-electron chi connectivity index (χ4n) is 4.98. The summed E-state index contributed by atoms with van der Waals surface area (Å²) in [6, 6.07) is 8.01. The van der Waals surface area contributed by atoms with E-state index in [0.717, 1.165) is 48.3 Å². The Morgan fingerprint density at radius 1 is 1.33 bits per heavy atom. The van der Waals surface area contributed by atoms with Crippen molar-refractivity contribution in [3.05, 3.63) is 48.2 Å². The van der Waals surface area contributed by atoms with Crippen LogP contribution in [0.3, 0.4) is 0 Å². The van der Waals surface area contributed by atoms with Gasteiger partial charge in [0, 0.05) is 42.7 Å². The Balaban J connectivity index is 1.47. The van der Waals surface area contributed by atoms with Crippen molar-refractivity contribution < 1.29 is 4.79 Å². The Morgan fingerprint density at radius 2 is 2.19 bits per heavy atom. The number of aromatic nitrogens is 4. The fraction of sp³-hybridized carbons (Fsp3) is 0.476. The Hall–Kier alpha value is -2.63. The van der Waals surface area contributed by atoms with Crippen LogP contribution in [-0.2, 0) is 6.54 Å². The number of nitrogens with one attached hydrogen (secondary N) is 1. The number of amides is 1. The summed E-state index contributed by atoms with van der Waals surface area (Å²) in [6.07, 6.45) is 8.35. The number of fused-ring (bicyclic) bond motifs is 1. The van der Waals surface area contributed by atoms with E-state index in [2.05, 4.69) is 26.7 Å². The molecule has 1 atom stereocenters. The molecule has 5 rings (SSSR count). The molecule has 1 amide bonds. The Morgan fingerprint density at radius 3 is 2.96 bits per heavy atom. The van der Waals surface area contributed by atoms with Gasteiger partial charge < -0.3 is 14.5 Å². The lowest BCUT2D eigenvalue weighted by atomic mass is 9.62. The minimum atomic E-state index is 0.128. The summed E-state index contributed by atoms with van der Waals surface area (Å²) in [4.78, 5) is 18.6. The molecule has 1 N–H and O–H groups in total. The zero-order valence-corrected chi connectivity index (χ0v) is 15.7. The van der Waals surface area contributed by atoms with Crippen LogP contribution in [0.25, 0.3) is 10.9 Å². The van der Waals surface area contributed by atoms with Gasteiger partial charge in [-0.2, -0.15) is 0 Å². The fourth-order valence-corrected chi connectivity index (χ4v) is 4.98. The van der Waals surface area contributed by atoms with Crippen LogP contribution in [-0.4, -0.2) is 43.6 Å². The highest BCUT2D eigenvalue weighted by Gasteiger charge is 2.53. The third kappa shape index (κ3) is 2.50. The number of carbonyl (C=O) groups excluding carboxylic acids is 1. The maximum atomic E-state index is 13.3. The summed E-state index contributed by atoms with van der Waals surface area (Å²) in [6.45, 7) is 4.67. The summed E-state index contributed by atoms with van der Waals surface area (Å²) in [5, 5.41) is 9.65. The predicted molar refractivity (Wildman–Crippen MR) is 104 cm³/mol. The number of H-pyrrole nitrogens is 1. The van der Waals surface area contributed by atoms with Crippen LogP contribution >= 0.6 is 0 Å². The van der Waals surface area contributed by atoms with Crippen LogP contribution in [0.2, 0.25) is 0 Å². The molecule has 1 aliphatic carbocycles. The summed E-state index contributed by atoms with van der Waals surface area (Å²) in [5.41, 5.74) is 1.97. The van der Waals surface area contributed by atoms with E-state index >= 15 is 0 Å². The van der Waals surface area contributed by atoms with Crippen molar-refractivity contribution in [1.82, 2.24) is 24.6 Å². The average molecular weight is 363 g/mol. The van der Waals surface area contributed by atoms with Gasteiger partial charge in [-0.15, -0.1) is 10.2 Å². The molecule has 1 saturated heterocycles. The minimum Gasteiger partial charge on any atom is -0.360 e. The number of aryl methyl sites for hydroxylation is 1. The topological polar surface area (TPSA) is 66.8 Å². The zero-order valence-electron chi connectivity index (χ0n) is 15.7. The van der Waals surface area contributed by atoms with Gasteiger partial charge >= 0.3 is 0 Å². The molecule has 2 fully saturated rings. The van der Waals surface area contributed by atoms with Gasteiger partial charge in [-0.25, -0.2) is 0 Å². The Kier molecular flexibility index (Phi) is 3.81. The number of hydrogen-bond acceptors (Lipinski definition) is 3. The molecule has 0 bridgehead atoms. The largest absolute Gasteiger partial charge is 0.360 e. The van der Waals surface area contributed by atoms with E-state index in [0.29, 0.717) is 0 Å². The van der Waals surface area contributed by atoms with Crippen molar-refractivity contribution in [1.29, 1.82) is 0 Å². The number of benzene rings is 1. The first-order valence-corrected chi connectivity index (χ1v) is 9.95. The van der Waals surface area contributed by atoms with Crippen LogP contribution in [0.5, 0.6) is 0 Å². The molecule has 1 unspecified atom stereocenters. The highest BCUT2D eigenvalue weighted by molar-refractivity contribution is 6.06. The van der Waals surface area contributed by atoms with Crippen molar-refractivity contribution in [3.63, 3.8) is 0 Å². The van der Waals surface area contributed by atoms with Gasteiger partial charge in [0.25, 0.3) is 5.91 Å². The summed E-state index contributed by atoms with van der Waals surface area (Å²) in [5.74, 6) is 1.48. The predicted octanol–water partition coefficient (Wildman–Crippen LogP) is 3.58. The van der Waals surface area contributed by atoms with Crippen molar-refractivity contribution in [2.45, 2.75) is 45.1 Å². The van der Waals surface area contributed by atoms with Gasteiger partial charge in [-0.1, -0.05) is 31.5 Å². The van der Waals surface area contributed by atoms with Crippen molar-refractivity contribution >= 4 is 16.8 Å². The van der Waals surface area contributed by atoms with Crippen molar-refractivity contribution in [3.8, 4) is 0 Å². The molecule has 2 aromatic heterocycles. The van der Waals surface area contributed by atoms with Crippen LogP contribution in [0, 0.1) is 5.41 Å². The molecular formula is C21H25N5O. The third-order valence-corrected chi connectivity index (χ3v) is 6.53. The van der Waals surface area contributed by atoms with Gasteiger partial charge in [-0.05, 0) is 30.7 Å². The maximum absolute atomic E-state index is 13.3. The highest BCUT2D eigenvalue weighted by atomic mass is 16.2. The van der Waals surface area contributed by atoms with E-state index in [1.807, 2.05) is 41.7 Å². The Labute approximate surface area is 158 Å². The first-order chi connectivity index (χ1) is 13.2. The first-order valence-electron chi connectivity index (χ1n) is 9.95. The highest BCUT2D eigenvalue weighted by Crippen LogP contribution is 2.55. The van der Waals surface area contributed by atoms with Crippen LogP contribution in [0.4, 0.5) is 0 Å². The second-order valence-electron chi connectivity index (χ2n) is 8.08. The van der Waals surface area contributed by atoms with Gasteiger partial charge in [0.2, 0.25) is 0 Å².